The number of benzene rings is 1. The maximum absolute atomic E-state index is 12.2. The number of carbonyl (C=O) groups is 3. The van der Waals surface area contributed by atoms with Crippen molar-refractivity contribution in [1.29, 1.82) is 0 Å². The Morgan fingerprint density at radius 3 is 2.68 bits per heavy atom. The van der Waals surface area contributed by atoms with Gasteiger partial charge in [0.1, 0.15) is 6.04 Å². The predicted octanol–water partition coefficient (Wildman–Crippen LogP) is 1.02. The van der Waals surface area contributed by atoms with Crippen LogP contribution in [0.25, 0.3) is 0 Å². The number of primary amides is 1. The van der Waals surface area contributed by atoms with Crippen molar-refractivity contribution in [3.05, 3.63) is 35.4 Å². The highest BCUT2D eigenvalue weighted by atomic mass is 16.5. The van der Waals surface area contributed by atoms with Crippen LogP contribution >= 0.6 is 0 Å². The Morgan fingerprint density at radius 2 is 2.00 bits per heavy atom. The van der Waals surface area contributed by atoms with Gasteiger partial charge >= 0.3 is 5.97 Å². The number of piperidine rings is 1. The van der Waals surface area contributed by atoms with E-state index in [1.807, 2.05) is 6.07 Å². The molecule has 2 amide bonds. The Labute approximate surface area is 129 Å². The molecular weight excluding hydrogens is 284 g/mol. The lowest BCUT2D eigenvalue weighted by Gasteiger charge is -2.33. The van der Waals surface area contributed by atoms with E-state index in [0.717, 1.165) is 18.4 Å². The number of esters is 1. The molecule has 2 N–H and O–H groups in total. The molecule has 0 aliphatic carbocycles. The molecule has 1 aromatic rings. The molecule has 1 saturated heterocycles. The lowest BCUT2D eigenvalue weighted by molar-refractivity contribution is -0.143. The maximum atomic E-state index is 12.2. The van der Waals surface area contributed by atoms with E-state index < -0.39 is 17.9 Å². The first kappa shape index (κ1) is 16.0. The average molecular weight is 304 g/mol. The molecule has 1 aliphatic rings. The molecule has 1 fully saturated rings. The summed E-state index contributed by atoms with van der Waals surface area (Å²) in [4.78, 5) is 37.0. The minimum atomic E-state index is -0.599. The Bertz CT molecular complexity index is 585. The van der Waals surface area contributed by atoms with E-state index in [1.54, 1.807) is 25.1 Å². The van der Waals surface area contributed by atoms with Gasteiger partial charge in [-0.1, -0.05) is 18.2 Å². The van der Waals surface area contributed by atoms with Gasteiger partial charge in [0, 0.05) is 6.54 Å². The second-order valence-corrected chi connectivity index (χ2v) is 5.39. The summed E-state index contributed by atoms with van der Waals surface area (Å²) in [6.45, 7) is 1.89. The second kappa shape index (κ2) is 7.06. The first-order valence-electron chi connectivity index (χ1n) is 7.32. The molecule has 0 aromatic heterocycles. The minimum Gasteiger partial charge on any atom is -0.452 e. The van der Waals surface area contributed by atoms with Crippen molar-refractivity contribution in [2.24, 2.45) is 5.73 Å². The number of likely N-dealkylation sites (tertiary alicyclic amines) is 1. The summed E-state index contributed by atoms with van der Waals surface area (Å²) in [5.74, 6) is -1.44. The summed E-state index contributed by atoms with van der Waals surface area (Å²) in [5.41, 5.74) is 6.54. The van der Waals surface area contributed by atoms with E-state index in [2.05, 4.69) is 0 Å². The van der Waals surface area contributed by atoms with Crippen molar-refractivity contribution >= 4 is 17.8 Å². The Hall–Kier alpha value is -2.37. The van der Waals surface area contributed by atoms with Crippen LogP contribution in [0.4, 0.5) is 0 Å². The van der Waals surface area contributed by atoms with Gasteiger partial charge in [0.25, 0.3) is 5.91 Å². The van der Waals surface area contributed by atoms with Crippen molar-refractivity contribution in [2.75, 3.05) is 13.2 Å². The zero-order valence-electron chi connectivity index (χ0n) is 12.6. The van der Waals surface area contributed by atoms with E-state index in [9.17, 15) is 14.4 Å². The van der Waals surface area contributed by atoms with Crippen LogP contribution in [0, 0.1) is 6.92 Å². The molecule has 1 aliphatic heterocycles. The molecule has 6 heteroatoms. The molecule has 0 bridgehead atoms. The van der Waals surface area contributed by atoms with Crippen molar-refractivity contribution in [3.8, 4) is 0 Å². The van der Waals surface area contributed by atoms with Gasteiger partial charge < -0.3 is 15.4 Å². The largest absolute Gasteiger partial charge is 0.452 e. The van der Waals surface area contributed by atoms with Gasteiger partial charge in [-0.25, -0.2) is 4.79 Å². The fourth-order valence-electron chi connectivity index (χ4n) is 2.62. The van der Waals surface area contributed by atoms with Crippen LogP contribution in [0.5, 0.6) is 0 Å². The third-order valence-electron chi connectivity index (χ3n) is 3.84. The van der Waals surface area contributed by atoms with Crippen LogP contribution in [0.3, 0.4) is 0 Å². The standard InChI is InChI=1S/C16H20N2O4/c1-11-6-2-3-7-12(11)16(21)22-10-14(19)18-9-5-4-8-13(18)15(17)20/h2-3,6-7,13H,4-5,8-10H2,1H3,(H2,17,20)/t13-/m1/s1. The SMILES string of the molecule is Cc1ccccc1C(=O)OCC(=O)N1CCCC[C@@H]1C(N)=O. The smallest absolute Gasteiger partial charge is 0.338 e. The van der Waals surface area contributed by atoms with E-state index in [0.29, 0.717) is 18.5 Å². The highest BCUT2D eigenvalue weighted by molar-refractivity contribution is 5.93. The summed E-state index contributed by atoms with van der Waals surface area (Å²) in [7, 11) is 0. The molecule has 118 valence electrons. The number of nitrogens with two attached hydrogens (primary N) is 1. The number of nitrogens with zero attached hydrogens (tertiary/aromatic N) is 1. The van der Waals surface area contributed by atoms with Crippen LogP contribution in [-0.4, -0.2) is 41.9 Å². The number of hydrogen-bond donors (Lipinski definition) is 1. The van der Waals surface area contributed by atoms with Crippen molar-refractivity contribution < 1.29 is 19.1 Å². The van der Waals surface area contributed by atoms with Crippen molar-refractivity contribution in [1.82, 2.24) is 4.90 Å². The number of aryl methyl sites for hydroxylation is 1. The summed E-state index contributed by atoms with van der Waals surface area (Å²) >= 11 is 0. The minimum absolute atomic E-state index is 0.378. The lowest BCUT2D eigenvalue weighted by atomic mass is 10.0. The Morgan fingerprint density at radius 1 is 1.27 bits per heavy atom. The van der Waals surface area contributed by atoms with Gasteiger partial charge in [-0.3, -0.25) is 9.59 Å². The summed E-state index contributed by atoms with van der Waals surface area (Å²) in [6, 6.07) is 6.40. The molecule has 22 heavy (non-hydrogen) atoms. The van der Waals surface area contributed by atoms with E-state index in [4.69, 9.17) is 10.5 Å². The molecule has 1 atom stereocenters. The maximum Gasteiger partial charge on any atom is 0.338 e. The van der Waals surface area contributed by atoms with Crippen LogP contribution in [-0.2, 0) is 14.3 Å². The van der Waals surface area contributed by atoms with E-state index in [1.165, 1.54) is 4.90 Å². The van der Waals surface area contributed by atoms with Crippen molar-refractivity contribution in [2.45, 2.75) is 32.2 Å². The highest BCUT2D eigenvalue weighted by Gasteiger charge is 2.31. The second-order valence-electron chi connectivity index (χ2n) is 5.39. The van der Waals surface area contributed by atoms with Gasteiger partial charge in [0.2, 0.25) is 5.91 Å². The van der Waals surface area contributed by atoms with Gasteiger partial charge in [-0.2, -0.15) is 0 Å². The van der Waals surface area contributed by atoms with Crippen LogP contribution in [0.15, 0.2) is 24.3 Å². The van der Waals surface area contributed by atoms with Crippen LogP contribution in [0.2, 0.25) is 0 Å². The predicted molar refractivity (Wildman–Crippen MR) is 80.0 cm³/mol. The number of amides is 2. The first-order chi connectivity index (χ1) is 10.5. The number of rotatable bonds is 4. The fourth-order valence-corrected chi connectivity index (χ4v) is 2.62. The topological polar surface area (TPSA) is 89.7 Å². The first-order valence-corrected chi connectivity index (χ1v) is 7.32. The van der Waals surface area contributed by atoms with Crippen LogP contribution < -0.4 is 5.73 Å². The van der Waals surface area contributed by atoms with E-state index >= 15 is 0 Å². The third kappa shape index (κ3) is 3.63. The molecule has 2 rings (SSSR count). The Kier molecular flexibility index (Phi) is 5.14. The summed E-state index contributed by atoms with van der Waals surface area (Å²) < 4.78 is 5.07. The van der Waals surface area contributed by atoms with E-state index in [-0.39, 0.29) is 12.5 Å². The fraction of sp³-hybridized carbons (Fsp3) is 0.438. The summed E-state index contributed by atoms with van der Waals surface area (Å²) in [6.07, 6.45) is 2.24. The number of hydrogen-bond acceptors (Lipinski definition) is 4. The zero-order valence-corrected chi connectivity index (χ0v) is 12.6. The zero-order chi connectivity index (χ0) is 16.1. The molecule has 1 aromatic carbocycles. The molecule has 0 unspecified atom stereocenters. The summed E-state index contributed by atoms with van der Waals surface area (Å²) in [5, 5.41) is 0. The number of ether oxygens (including phenoxy) is 1. The monoisotopic (exact) mass is 304 g/mol. The number of carbonyl (C=O) groups excluding carboxylic acids is 3. The quantitative estimate of drug-likeness (QED) is 0.841. The van der Waals surface area contributed by atoms with Gasteiger partial charge in [-0.15, -0.1) is 0 Å². The van der Waals surface area contributed by atoms with Gasteiger partial charge in [0.15, 0.2) is 6.61 Å². The third-order valence-corrected chi connectivity index (χ3v) is 3.84. The molecular formula is C16H20N2O4. The van der Waals surface area contributed by atoms with Crippen molar-refractivity contribution in [3.63, 3.8) is 0 Å². The Balaban J connectivity index is 1.96. The van der Waals surface area contributed by atoms with Gasteiger partial charge in [0.05, 0.1) is 5.56 Å². The molecule has 0 radical (unpaired) electrons. The lowest BCUT2D eigenvalue weighted by Crippen LogP contribution is -2.51. The molecule has 1 heterocycles. The average Bonchev–Trinajstić information content (AvgIpc) is 2.52. The normalized spacial score (nSPS) is 17.9. The molecule has 0 saturated carbocycles. The van der Waals surface area contributed by atoms with Crippen LogP contribution in [0.1, 0.15) is 35.2 Å². The molecule has 6 nitrogen and oxygen atoms in total. The van der Waals surface area contributed by atoms with Gasteiger partial charge in [-0.05, 0) is 37.8 Å². The highest BCUT2D eigenvalue weighted by Crippen LogP contribution is 2.17. The molecule has 0 spiro atoms.